The number of piperidine rings is 1. The van der Waals surface area contributed by atoms with Gasteiger partial charge in [0, 0.05) is 19.1 Å². The van der Waals surface area contributed by atoms with Gasteiger partial charge in [0.05, 0.1) is 6.61 Å². The van der Waals surface area contributed by atoms with Crippen LogP contribution >= 0.6 is 0 Å². The summed E-state index contributed by atoms with van der Waals surface area (Å²) in [6.07, 6.45) is 12.2. The Morgan fingerprint density at radius 3 is 2.38 bits per heavy atom. The van der Waals surface area contributed by atoms with Gasteiger partial charge >= 0.3 is 0 Å². The Bertz CT molecular complexity index is 447. The topological polar surface area (TPSA) is 24.5 Å². The summed E-state index contributed by atoms with van der Waals surface area (Å²) in [5.74, 6) is 1.01. The molecule has 0 unspecified atom stereocenters. The third kappa shape index (κ3) is 6.10. The van der Waals surface area contributed by atoms with E-state index in [1.54, 1.807) is 0 Å². The first-order valence-electron chi connectivity index (χ1n) is 10.1. The van der Waals surface area contributed by atoms with Crippen LogP contribution in [0.25, 0.3) is 0 Å². The number of nitrogens with one attached hydrogen (secondary N) is 1. The zero-order chi connectivity index (χ0) is 16.5. The van der Waals surface area contributed by atoms with Crippen molar-refractivity contribution in [2.45, 2.75) is 70.4 Å². The number of hydrogen-bond donors (Lipinski definition) is 1. The standard InChI is InChI=1S/C21H34N2O/c1-3-8-20(9-4-1)22-18-19-10-12-21(13-11-19)24-17-7-16-23-14-5-2-6-15-23/h10-13,20,22H,1-9,14-18H2. The van der Waals surface area contributed by atoms with Crippen molar-refractivity contribution >= 4 is 0 Å². The average molecular weight is 331 g/mol. The summed E-state index contributed by atoms with van der Waals surface area (Å²) in [5.41, 5.74) is 1.36. The minimum Gasteiger partial charge on any atom is -0.494 e. The van der Waals surface area contributed by atoms with E-state index in [0.717, 1.165) is 31.4 Å². The van der Waals surface area contributed by atoms with E-state index < -0.39 is 0 Å². The van der Waals surface area contributed by atoms with Crippen molar-refractivity contribution in [3.8, 4) is 5.75 Å². The Hall–Kier alpha value is -1.06. The van der Waals surface area contributed by atoms with Gasteiger partial charge in [0.15, 0.2) is 0 Å². The highest BCUT2D eigenvalue weighted by Crippen LogP contribution is 2.18. The molecule has 0 radical (unpaired) electrons. The van der Waals surface area contributed by atoms with E-state index in [0.29, 0.717) is 0 Å². The van der Waals surface area contributed by atoms with Crippen LogP contribution in [-0.2, 0) is 6.54 Å². The largest absolute Gasteiger partial charge is 0.494 e. The van der Waals surface area contributed by atoms with Gasteiger partial charge in [-0.15, -0.1) is 0 Å². The molecule has 2 fully saturated rings. The molecule has 3 heteroatoms. The SMILES string of the molecule is c1cc(OCCCN2CCCCC2)ccc1CNC1CCCCC1. The van der Waals surface area contributed by atoms with Crippen molar-refractivity contribution < 1.29 is 4.74 Å². The number of likely N-dealkylation sites (tertiary alicyclic amines) is 1. The van der Waals surface area contributed by atoms with Gasteiger partial charge in [-0.2, -0.15) is 0 Å². The predicted molar refractivity (Wildman–Crippen MR) is 101 cm³/mol. The van der Waals surface area contributed by atoms with Crippen LogP contribution in [0.15, 0.2) is 24.3 Å². The predicted octanol–water partition coefficient (Wildman–Crippen LogP) is 4.36. The van der Waals surface area contributed by atoms with Crippen molar-refractivity contribution in [2.24, 2.45) is 0 Å². The van der Waals surface area contributed by atoms with E-state index in [1.807, 2.05) is 0 Å². The summed E-state index contributed by atoms with van der Waals surface area (Å²) in [6.45, 7) is 5.56. The van der Waals surface area contributed by atoms with Gasteiger partial charge in [-0.25, -0.2) is 0 Å². The second kappa shape index (κ2) is 10.0. The minimum atomic E-state index is 0.726. The van der Waals surface area contributed by atoms with Crippen molar-refractivity contribution in [3.63, 3.8) is 0 Å². The Morgan fingerprint density at radius 1 is 0.917 bits per heavy atom. The van der Waals surface area contributed by atoms with E-state index in [4.69, 9.17) is 4.74 Å². The fourth-order valence-electron chi connectivity index (χ4n) is 3.93. The molecular weight excluding hydrogens is 296 g/mol. The smallest absolute Gasteiger partial charge is 0.119 e. The second-order valence-corrected chi connectivity index (χ2v) is 7.46. The van der Waals surface area contributed by atoms with Gasteiger partial charge in [0.2, 0.25) is 0 Å². The van der Waals surface area contributed by atoms with Crippen molar-refractivity contribution in [1.29, 1.82) is 0 Å². The molecule has 134 valence electrons. The molecule has 1 aliphatic heterocycles. The molecule has 0 atom stereocenters. The van der Waals surface area contributed by atoms with Crippen LogP contribution in [0.1, 0.15) is 63.4 Å². The van der Waals surface area contributed by atoms with E-state index in [1.165, 1.54) is 76.6 Å². The normalized spacial score (nSPS) is 20.2. The van der Waals surface area contributed by atoms with E-state index >= 15 is 0 Å². The van der Waals surface area contributed by atoms with Gasteiger partial charge in [0.1, 0.15) is 5.75 Å². The number of benzene rings is 1. The van der Waals surface area contributed by atoms with Crippen LogP contribution in [0.5, 0.6) is 5.75 Å². The quantitative estimate of drug-likeness (QED) is 0.717. The Balaban J connectivity index is 1.30. The lowest BCUT2D eigenvalue weighted by Crippen LogP contribution is -2.31. The molecule has 24 heavy (non-hydrogen) atoms. The molecule has 1 heterocycles. The minimum absolute atomic E-state index is 0.726. The van der Waals surface area contributed by atoms with Gasteiger partial charge in [-0.1, -0.05) is 37.8 Å². The van der Waals surface area contributed by atoms with Crippen LogP contribution in [0.3, 0.4) is 0 Å². The van der Waals surface area contributed by atoms with E-state index in [9.17, 15) is 0 Å². The Morgan fingerprint density at radius 2 is 1.62 bits per heavy atom. The van der Waals surface area contributed by atoms with Crippen LogP contribution in [0, 0.1) is 0 Å². The molecule has 1 aromatic carbocycles. The summed E-state index contributed by atoms with van der Waals surface area (Å²) >= 11 is 0. The molecule has 3 nitrogen and oxygen atoms in total. The fraction of sp³-hybridized carbons (Fsp3) is 0.714. The highest BCUT2D eigenvalue weighted by Gasteiger charge is 2.12. The van der Waals surface area contributed by atoms with Crippen molar-refractivity contribution in [1.82, 2.24) is 10.2 Å². The molecule has 1 saturated carbocycles. The molecule has 0 amide bonds. The van der Waals surface area contributed by atoms with Crippen molar-refractivity contribution in [2.75, 3.05) is 26.2 Å². The summed E-state index contributed by atoms with van der Waals surface area (Å²) in [6, 6.07) is 9.38. The van der Waals surface area contributed by atoms with Crippen LogP contribution < -0.4 is 10.1 Å². The number of rotatable bonds is 8. The first-order valence-corrected chi connectivity index (χ1v) is 10.1. The van der Waals surface area contributed by atoms with E-state index in [2.05, 4.69) is 34.5 Å². The molecule has 1 N–H and O–H groups in total. The maximum Gasteiger partial charge on any atom is 0.119 e. The fourth-order valence-corrected chi connectivity index (χ4v) is 3.93. The highest BCUT2D eigenvalue weighted by molar-refractivity contribution is 5.27. The average Bonchev–Trinajstić information content (AvgIpc) is 2.66. The molecule has 0 bridgehead atoms. The lowest BCUT2D eigenvalue weighted by atomic mass is 9.95. The highest BCUT2D eigenvalue weighted by atomic mass is 16.5. The zero-order valence-electron chi connectivity index (χ0n) is 15.1. The lowest BCUT2D eigenvalue weighted by molar-refractivity contribution is 0.205. The molecule has 1 saturated heterocycles. The molecular formula is C21H34N2O. The summed E-state index contributed by atoms with van der Waals surface area (Å²) in [5, 5.41) is 3.70. The molecule has 1 aliphatic carbocycles. The van der Waals surface area contributed by atoms with Crippen LogP contribution in [-0.4, -0.2) is 37.2 Å². The van der Waals surface area contributed by atoms with Crippen molar-refractivity contribution in [3.05, 3.63) is 29.8 Å². The number of ether oxygens (including phenoxy) is 1. The van der Waals surface area contributed by atoms with Gasteiger partial charge in [-0.05, 0) is 62.9 Å². The molecule has 2 aliphatic rings. The maximum atomic E-state index is 5.90. The molecule has 1 aromatic rings. The summed E-state index contributed by atoms with van der Waals surface area (Å²) in [4.78, 5) is 2.58. The molecule has 3 rings (SSSR count). The number of nitrogens with zero attached hydrogens (tertiary/aromatic N) is 1. The first-order chi connectivity index (χ1) is 11.9. The third-order valence-corrected chi connectivity index (χ3v) is 5.46. The first kappa shape index (κ1) is 17.8. The summed E-state index contributed by atoms with van der Waals surface area (Å²) < 4.78 is 5.90. The maximum absolute atomic E-state index is 5.90. The van der Waals surface area contributed by atoms with Gasteiger partial charge in [-0.3, -0.25) is 0 Å². The third-order valence-electron chi connectivity index (χ3n) is 5.46. The van der Waals surface area contributed by atoms with Crippen LogP contribution in [0.4, 0.5) is 0 Å². The Labute approximate surface area is 147 Å². The molecule has 0 spiro atoms. The van der Waals surface area contributed by atoms with Gasteiger partial charge < -0.3 is 15.0 Å². The lowest BCUT2D eigenvalue weighted by Gasteiger charge is -2.26. The Kier molecular flexibility index (Phi) is 7.43. The zero-order valence-corrected chi connectivity index (χ0v) is 15.1. The van der Waals surface area contributed by atoms with Gasteiger partial charge in [0.25, 0.3) is 0 Å². The van der Waals surface area contributed by atoms with E-state index in [-0.39, 0.29) is 0 Å². The second-order valence-electron chi connectivity index (χ2n) is 7.46. The molecule has 0 aromatic heterocycles. The van der Waals surface area contributed by atoms with Crippen LogP contribution in [0.2, 0.25) is 0 Å². The summed E-state index contributed by atoms with van der Waals surface area (Å²) in [7, 11) is 0. The monoisotopic (exact) mass is 330 g/mol. The number of hydrogen-bond acceptors (Lipinski definition) is 3.